The molecule has 7 heteroatoms. The second kappa shape index (κ2) is 6.60. The number of aromatic nitrogens is 2. The van der Waals surface area contributed by atoms with E-state index in [0.29, 0.717) is 12.4 Å². The average molecular weight is 361 g/mol. The number of nitrogens with two attached hydrogens (primary N) is 2. The highest BCUT2D eigenvalue weighted by molar-refractivity contribution is 5.88. The topological polar surface area (TPSA) is 118 Å². The van der Waals surface area contributed by atoms with Crippen molar-refractivity contribution in [1.29, 1.82) is 0 Å². The predicted molar refractivity (Wildman–Crippen MR) is 104 cm³/mol. The maximum Gasteiger partial charge on any atom is 0.335 e. The third-order valence-electron chi connectivity index (χ3n) is 4.82. The van der Waals surface area contributed by atoms with E-state index in [-0.39, 0.29) is 11.5 Å². The first-order valence-electron chi connectivity index (χ1n) is 8.60. The largest absolute Gasteiger partial charge is 0.478 e. The molecule has 5 N–H and O–H groups in total. The number of hydrogen-bond donors (Lipinski definition) is 3. The fourth-order valence-electron chi connectivity index (χ4n) is 3.36. The molecule has 3 aromatic rings. The van der Waals surface area contributed by atoms with Crippen LogP contribution in [0.25, 0.3) is 11.1 Å². The lowest BCUT2D eigenvalue weighted by Crippen LogP contribution is -2.21. The van der Waals surface area contributed by atoms with Crippen molar-refractivity contribution in [2.75, 3.05) is 22.9 Å². The van der Waals surface area contributed by atoms with Gasteiger partial charge in [-0.1, -0.05) is 24.3 Å². The van der Waals surface area contributed by atoms with Crippen LogP contribution in [0, 0.1) is 0 Å². The molecule has 7 nitrogen and oxygen atoms in total. The van der Waals surface area contributed by atoms with E-state index in [1.807, 2.05) is 12.1 Å². The van der Waals surface area contributed by atoms with E-state index in [9.17, 15) is 4.79 Å². The number of anilines is 3. The van der Waals surface area contributed by atoms with Crippen molar-refractivity contribution in [2.45, 2.75) is 13.0 Å². The molecule has 0 spiro atoms. The fourth-order valence-corrected chi connectivity index (χ4v) is 3.36. The van der Waals surface area contributed by atoms with Gasteiger partial charge in [0.15, 0.2) is 0 Å². The van der Waals surface area contributed by atoms with E-state index in [1.165, 1.54) is 5.56 Å². The van der Waals surface area contributed by atoms with Crippen molar-refractivity contribution in [1.82, 2.24) is 9.97 Å². The molecule has 0 aliphatic carbocycles. The molecule has 1 aromatic heterocycles. The lowest BCUT2D eigenvalue weighted by Gasteiger charge is -2.20. The summed E-state index contributed by atoms with van der Waals surface area (Å²) in [5.41, 5.74) is 17.1. The summed E-state index contributed by atoms with van der Waals surface area (Å²) in [7, 11) is 0. The SMILES string of the molecule is Nc1ncc(CN2CCc3ccc(-c4ccc(C(=O)O)cc4)cc32)c(N)n1. The van der Waals surface area contributed by atoms with Crippen LogP contribution < -0.4 is 16.4 Å². The van der Waals surface area contributed by atoms with Gasteiger partial charge in [-0.3, -0.25) is 0 Å². The van der Waals surface area contributed by atoms with Crippen LogP contribution in [0.5, 0.6) is 0 Å². The monoisotopic (exact) mass is 361 g/mol. The molecule has 0 bridgehead atoms. The highest BCUT2D eigenvalue weighted by Gasteiger charge is 2.21. The predicted octanol–water partition coefficient (Wildman–Crippen LogP) is 2.57. The minimum atomic E-state index is -0.926. The van der Waals surface area contributed by atoms with Gasteiger partial charge in [-0.25, -0.2) is 9.78 Å². The van der Waals surface area contributed by atoms with Crippen LogP contribution >= 0.6 is 0 Å². The number of carboxylic acid groups (broad SMARTS) is 1. The van der Waals surface area contributed by atoms with Crippen molar-refractivity contribution >= 4 is 23.4 Å². The summed E-state index contributed by atoms with van der Waals surface area (Å²) in [6.07, 6.45) is 2.63. The van der Waals surface area contributed by atoms with Gasteiger partial charge >= 0.3 is 5.97 Å². The highest BCUT2D eigenvalue weighted by Crippen LogP contribution is 2.34. The minimum Gasteiger partial charge on any atom is -0.478 e. The van der Waals surface area contributed by atoms with Crippen molar-refractivity contribution in [3.05, 3.63) is 65.4 Å². The summed E-state index contributed by atoms with van der Waals surface area (Å²) in [5, 5.41) is 9.05. The Kier molecular flexibility index (Phi) is 4.12. The summed E-state index contributed by atoms with van der Waals surface area (Å²) >= 11 is 0. The molecule has 136 valence electrons. The van der Waals surface area contributed by atoms with Gasteiger partial charge in [0.05, 0.1) is 5.56 Å². The van der Waals surface area contributed by atoms with Crippen molar-refractivity contribution < 1.29 is 9.90 Å². The smallest absolute Gasteiger partial charge is 0.335 e. The van der Waals surface area contributed by atoms with Crippen LogP contribution in [-0.4, -0.2) is 27.6 Å². The van der Waals surface area contributed by atoms with Crippen LogP contribution in [-0.2, 0) is 13.0 Å². The molecule has 27 heavy (non-hydrogen) atoms. The molecule has 1 aliphatic rings. The summed E-state index contributed by atoms with van der Waals surface area (Å²) in [6.45, 7) is 1.50. The maximum absolute atomic E-state index is 11.0. The molecule has 0 radical (unpaired) electrons. The van der Waals surface area contributed by atoms with E-state index in [4.69, 9.17) is 16.6 Å². The number of nitrogen functional groups attached to an aromatic ring is 2. The molecule has 4 rings (SSSR count). The first-order chi connectivity index (χ1) is 13.0. The van der Waals surface area contributed by atoms with E-state index in [1.54, 1.807) is 18.3 Å². The van der Waals surface area contributed by atoms with Crippen LogP contribution in [0.4, 0.5) is 17.5 Å². The molecule has 0 saturated carbocycles. The lowest BCUT2D eigenvalue weighted by molar-refractivity contribution is 0.0697. The standard InChI is InChI=1S/C20H19N5O2/c21-18-16(10-23-20(22)24-18)11-25-8-7-13-3-6-15(9-17(13)25)12-1-4-14(5-2-12)19(26)27/h1-6,9-10H,7-8,11H2,(H,26,27)(H4,21,22,23,24). The Hall–Kier alpha value is -3.61. The van der Waals surface area contributed by atoms with Crippen molar-refractivity contribution in [3.63, 3.8) is 0 Å². The zero-order chi connectivity index (χ0) is 19.0. The average Bonchev–Trinajstić information content (AvgIpc) is 3.06. The first kappa shape index (κ1) is 16.8. The molecule has 0 unspecified atom stereocenters. The molecule has 0 amide bonds. The van der Waals surface area contributed by atoms with Gasteiger partial charge in [0, 0.05) is 30.5 Å². The van der Waals surface area contributed by atoms with Crippen molar-refractivity contribution in [2.24, 2.45) is 0 Å². The molecule has 2 heterocycles. The van der Waals surface area contributed by atoms with Crippen LogP contribution in [0.15, 0.2) is 48.7 Å². The minimum absolute atomic E-state index is 0.171. The van der Waals surface area contributed by atoms with Gasteiger partial charge in [-0.05, 0) is 41.3 Å². The second-order valence-electron chi connectivity index (χ2n) is 6.54. The normalized spacial score (nSPS) is 12.8. The maximum atomic E-state index is 11.0. The Morgan fingerprint density at radius 1 is 1.11 bits per heavy atom. The van der Waals surface area contributed by atoms with Gasteiger partial charge < -0.3 is 21.5 Å². The Morgan fingerprint density at radius 2 is 1.85 bits per heavy atom. The molecule has 2 aromatic carbocycles. The second-order valence-corrected chi connectivity index (χ2v) is 6.54. The molecule has 0 atom stereocenters. The van der Waals surface area contributed by atoms with E-state index in [2.05, 4.69) is 33.1 Å². The quantitative estimate of drug-likeness (QED) is 0.653. The number of nitrogens with zero attached hydrogens (tertiary/aromatic N) is 3. The molecule has 0 saturated heterocycles. The highest BCUT2D eigenvalue weighted by atomic mass is 16.4. The number of hydrogen-bond acceptors (Lipinski definition) is 6. The molecule has 0 fully saturated rings. The van der Waals surface area contributed by atoms with Gasteiger partial charge in [0.25, 0.3) is 0 Å². The number of rotatable bonds is 4. The van der Waals surface area contributed by atoms with E-state index in [0.717, 1.165) is 35.3 Å². The third-order valence-corrected chi connectivity index (χ3v) is 4.82. The number of fused-ring (bicyclic) bond motifs is 1. The third kappa shape index (κ3) is 3.27. The zero-order valence-corrected chi connectivity index (χ0v) is 14.6. The van der Waals surface area contributed by atoms with Crippen LogP contribution in [0.2, 0.25) is 0 Å². The zero-order valence-electron chi connectivity index (χ0n) is 14.6. The number of benzene rings is 2. The van der Waals surface area contributed by atoms with E-state index >= 15 is 0 Å². The summed E-state index contributed by atoms with van der Waals surface area (Å²) in [4.78, 5) is 21.3. The first-order valence-corrected chi connectivity index (χ1v) is 8.60. The summed E-state index contributed by atoms with van der Waals surface area (Å²) in [6, 6.07) is 13.2. The molecule has 1 aliphatic heterocycles. The number of carboxylic acids is 1. The Bertz CT molecular complexity index is 1020. The van der Waals surface area contributed by atoms with Gasteiger partial charge in [0.1, 0.15) is 5.82 Å². The number of aromatic carboxylic acids is 1. The van der Waals surface area contributed by atoms with Gasteiger partial charge in [-0.2, -0.15) is 4.98 Å². The Morgan fingerprint density at radius 3 is 2.56 bits per heavy atom. The molecular formula is C20H19N5O2. The lowest BCUT2D eigenvalue weighted by atomic mass is 10.0. The summed E-state index contributed by atoms with van der Waals surface area (Å²) < 4.78 is 0. The summed E-state index contributed by atoms with van der Waals surface area (Å²) in [5.74, 6) is -0.355. The van der Waals surface area contributed by atoms with Crippen LogP contribution in [0.3, 0.4) is 0 Å². The van der Waals surface area contributed by atoms with E-state index < -0.39 is 5.97 Å². The Labute approximate surface area is 156 Å². The fraction of sp³-hybridized carbons (Fsp3) is 0.150. The number of carbonyl (C=O) groups is 1. The van der Waals surface area contributed by atoms with Gasteiger partial charge in [0.2, 0.25) is 5.95 Å². The van der Waals surface area contributed by atoms with Crippen LogP contribution in [0.1, 0.15) is 21.5 Å². The van der Waals surface area contributed by atoms with Gasteiger partial charge in [-0.15, -0.1) is 0 Å². The Balaban J connectivity index is 1.62. The van der Waals surface area contributed by atoms with Crippen molar-refractivity contribution in [3.8, 4) is 11.1 Å². The molecular weight excluding hydrogens is 342 g/mol.